The lowest BCUT2D eigenvalue weighted by atomic mass is 10.1. The molecule has 1 aliphatic heterocycles. The first-order chi connectivity index (χ1) is 15.1. The number of fused-ring (bicyclic) bond motifs is 1. The van der Waals surface area contributed by atoms with Gasteiger partial charge in [0.2, 0.25) is 4.80 Å². The molecule has 0 saturated heterocycles. The SMILES string of the molecule is C=CCN=c1scc(-c2ccc(O)c(C(N)=O)c2)n1N=Cc1ccc2c(c1)OCCO2. The largest absolute Gasteiger partial charge is 0.507 e. The average Bonchev–Trinajstić information content (AvgIpc) is 3.18. The minimum atomic E-state index is -0.711. The Morgan fingerprint density at radius 2 is 2.03 bits per heavy atom. The number of aromatic hydroxyl groups is 1. The fourth-order valence-corrected chi connectivity index (χ4v) is 3.86. The molecule has 1 aliphatic rings. The molecule has 3 aromatic rings. The number of benzene rings is 2. The number of rotatable bonds is 6. The Bertz CT molecular complexity index is 1240. The van der Waals surface area contributed by atoms with Crippen molar-refractivity contribution >= 4 is 23.5 Å². The Kier molecular flexibility index (Phi) is 5.85. The number of primary amides is 1. The van der Waals surface area contributed by atoms with E-state index in [1.54, 1.807) is 23.0 Å². The number of amides is 1. The van der Waals surface area contributed by atoms with Crippen molar-refractivity contribution < 1.29 is 19.4 Å². The summed E-state index contributed by atoms with van der Waals surface area (Å²) in [5.74, 6) is 0.496. The van der Waals surface area contributed by atoms with Gasteiger partial charge in [0.1, 0.15) is 19.0 Å². The Balaban J connectivity index is 1.77. The van der Waals surface area contributed by atoms with Crippen molar-refractivity contribution in [2.75, 3.05) is 19.8 Å². The summed E-state index contributed by atoms with van der Waals surface area (Å²) >= 11 is 1.40. The van der Waals surface area contributed by atoms with Gasteiger partial charge in [-0.1, -0.05) is 6.08 Å². The highest BCUT2D eigenvalue weighted by Gasteiger charge is 2.14. The van der Waals surface area contributed by atoms with Crippen LogP contribution in [0, 0.1) is 0 Å². The number of hydrogen-bond acceptors (Lipinski definition) is 7. The Hall–Kier alpha value is -3.85. The first-order valence-corrected chi connectivity index (χ1v) is 10.3. The van der Waals surface area contributed by atoms with Crippen LogP contribution < -0.4 is 20.0 Å². The molecule has 2 aromatic carbocycles. The summed E-state index contributed by atoms with van der Waals surface area (Å²) in [5, 5.41) is 16.4. The van der Waals surface area contributed by atoms with Gasteiger partial charge in [-0.3, -0.25) is 9.79 Å². The summed E-state index contributed by atoms with van der Waals surface area (Å²) in [6.07, 6.45) is 3.39. The third-order valence-corrected chi connectivity index (χ3v) is 5.34. The molecule has 1 amide bonds. The van der Waals surface area contributed by atoms with Crippen LogP contribution in [0.4, 0.5) is 0 Å². The van der Waals surface area contributed by atoms with Crippen LogP contribution in [0.15, 0.2) is 64.5 Å². The lowest BCUT2D eigenvalue weighted by molar-refractivity contribution is 0.0998. The summed E-state index contributed by atoms with van der Waals surface area (Å²) in [7, 11) is 0. The van der Waals surface area contributed by atoms with Crippen molar-refractivity contribution in [1.29, 1.82) is 0 Å². The highest BCUT2D eigenvalue weighted by molar-refractivity contribution is 7.07. The van der Waals surface area contributed by atoms with Gasteiger partial charge in [-0.05, 0) is 42.0 Å². The zero-order chi connectivity index (χ0) is 21.8. The number of carbonyl (C=O) groups is 1. The summed E-state index contributed by atoms with van der Waals surface area (Å²) in [6.45, 7) is 5.17. The van der Waals surface area contributed by atoms with E-state index < -0.39 is 5.91 Å². The maximum Gasteiger partial charge on any atom is 0.252 e. The maximum atomic E-state index is 11.6. The van der Waals surface area contributed by atoms with Crippen LogP contribution in [-0.2, 0) is 0 Å². The molecule has 3 N–H and O–H groups in total. The average molecular weight is 436 g/mol. The molecule has 2 heterocycles. The van der Waals surface area contributed by atoms with Crippen molar-refractivity contribution in [3.8, 4) is 28.5 Å². The van der Waals surface area contributed by atoms with Crippen LogP contribution in [0.5, 0.6) is 17.2 Å². The van der Waals surface area contributed by atoms with E-state index >= 15 is 0 Å². The van der Waals surface area contributed by atoms with E-state index in [1.807, 2.05) is 23.6 Å². The summed E-state index contributed by atoms with van der Waals surface area (Å²) in [4.78, 5) is 16.8. The van der Waals surface area contributed by atoms with Crippen LogP contribution in [-0.4, -0.2) is 41.7 Å². The van der Waals surface area contributed by atoms with E-state index in [0.717, 1.165) is 5.56 Å². The quantitative estimate of drug-likeness (QED) is 0.457. The van der Waals surface area contributed by atoms with Gasteiger partial charge in [-0.2, -0.15) is 5.10 Å². The number of phenols is 1. The number of aromatic nitrogens is 1. The third kappa shape index (κ3) is 4.36. The van der Waals surface area contributed by atoms with Crippen LogP contribution in [0.3, 0.4) is 0 Å². The van der Waals surface area contributed by atoms with Crippen molar-refractivity contribution in [2.45, 2.75) is 0 Å². The minimum absolute atomic E-state index is 0.0376. The van der Waals surface area contributed by atoms with Crippen LogP contribution in [0.2, 0.25) is 0 Å². The maximum absolute atomic E-state index is 11.6. The van der Waals surface area contributed by atoms with E-state index in [-0.39, 0.29) is 11.3 Å². The zero-order valence-electron chi connectivity index (χ0n) is 16.5. The van der Waals surface area contributed by atoms with E-state index in [4.69, 9.17) is 15.2 Å². The first kappa shape index (κ1) is 20.4. The topological polar surface area (TPSA) is 111 Å². The highest BCUT2D eigenvalue weighted by atomic mass is 32.1. The van der Waals surface area contributed by atoms with Gasteiger partial charge in [0, 0.05) is 10.9 Å². The molecule has 0 atom stereocenters. The van der Waals surface area contributed by atoms with Gasteiger partial charge in [-0.25, -0.2) is 4.68 Å². The number of nitrogens with two attached hydrogens (primary N) is 1. The van der Waals surface area contributed by atoms with Crippen molar-refractivity contribution in [3.05, 3.63) is 70.4 Å². The molecule has 31 heavy (non-hydrogen) atoms. The third-order valence-electron chi connectivity index (χ3n) is 4.49. The summed E-state index contributed by atoms with van der Waals surface area (Å²) in [6, 6.07) is 10.2. The molecule has 8 nitrogen and oxygen atoms in total. The molecule has 0 spiro atoms. The molecular formula is C22H20N4O4S. The molecule has 0 unspecified atom stereocenters. The molecule has 0 fully saturated rings. The second-order valence-corrected chi connectivity index (χ2v) is 7.43. The van der Waals surface area contributed by atoms with Gasteiger partial charge in [0.15, 0.2) is 11.5 Å². The fraction of sp³-hybridized carbons (Fsp3) is 0.136. The first-order valence-electron chi connectivity index (χ1n) is 9.46. The van der Waals surface area contributed by atoms with Gasteiger partial charge < -0.3 is 20.3 Å². The Labute approximate surface area is 182 Å². The van der Waals surface area contributed by atoms with E-state index in [9.17, 15) is 9.90 Å². The second kappa shape index (κ2) is 8.88. The van der Waals surface area contributed by atoms with Gasteiger partial charge in [-0.15, -0.1) is 17.9 Å². The van der Waals surface area contributed by atoms with Gasteiger partial charge >= 0.3 is 0 Å². The summed E-state index contributed by atoms with van der Waals surface area (Å²) in [5.41, 5.74) is 7.61. The molecule has 9 heteroatoms. The lowest BCUT2D eigenvalue weighted by Gasteiger charge is -2.18. The Morgan fingerprint density at radius 1 is 1.23 bits per heavy atom. The van der Waals surface area contributed by atoms with Crippen molar-refractivity contribution in [3.63, 3.8) is 0 Å². The molecule has 0 saturated carbocycles. The van der Waals surface area contributed by atoms with E-state index in [0.29, 0.717) is 47.3 Å². The van der Waals surface area contributed by atoms with Gasteiger partial charge in [0.05, 0.1) is 24.0 Å². The molecule has 0 bridgehead atoms. The standard InChI is InChI=1S/C22H20N4O4S/c1-2-7-24-22-26(25-12-14-3-6-19-20(10-14)30-9-8-29-19)17(13-31-22)15-4-5-18(27)16(11-15)21(23)28/h2-6,10-13,27H,1,7-9H2,(H2,23,28). The molecule has 0 aliphatic carbocycles. The smallest absolute Gasteiger partial charge is 0.252 e. The number of thiazole rings is 1. The number of hydrogen-bond donors (Lipinski definition) is 2. The van der Waals surface area contributed by atoms with Crippen LogP contribution in [0.1, 0.15) is 15.9 Å². The zero-order valence-corrected chi connectivity index (χ0v) is 17.3. The molecule has 158 valence electrons. The van der Waals surface area contributed by atoms with E-state index in [1.165, 1.54) is 23.5 Å². The van der Waals surface area contributed by atoms with Crippen LogP contribution in [0.25, 0.3) is 11.3 Å². The summed E-state index contributed by atoms with van der Waals surface area (Å²) < 4.78 is 12.9. The molecule has 4 rings (SSSR count). The molecular weight excluding hydrogens is 416 g/mol. The van der Waals surface area contributed by atoms with Crippen molar-refractivity contribution in [1.82, 2.24) is 4.68 Å². The molecule has 1 aromatic heterocycles. The fourth-order valence-electron chi connectivity index (χ4n) is 3.02. The number of carbonyl (C=O) groups excluding carboxylic acids is 1. The van der Waals surface area contributed by atoms with Crippen molar-refractivity contribution in [2.24, 2.45) is 15.8 Å². The number of ether oxygens (including phenoxy) is 2. The normalized spacial score (nSPS) is 13.5. The Morgan fingerprint density at radius 3 is 2.81 bits per heavy atom. The predicted octanol–water partition coefficient (Wildman–Crippen LogP) is 2.76. The minimum Gasteiger partial charge on any atom is -0.507 e. The monoisotopic (exact) mass is 436 g/mol. The highest BCUT2D eigenvalue weighted by Crippen LogP contribution is 2.30. The second-order valence-electron chi connectivity index (χ2n) is 6.59. The molecule has 0 radical (unpaired) electrons. The number of nitrogens with zero attached hydrogens (tertiary/aromatic N) is 3. The lowest BCUT2D eigenvalue weighted by Crippen LogP contribution is -2.15. The van der Waals surface area contributed by atoms with Crippen LogP contribution >= 0.6 is 11.3 Å². The van der Waals surface area contributed by atoms with Gasteiger partial charge in [0.25, 0.3) is 5.91 Å². The predicted molar refractivity (Wildman–Crippen MR) is 119 cm³/mol. The van der Waals surface area contributed by atoms with E-state index in [2.05, 4.69) is 16.7 Å².